The van der Waals surface area contributed by atoms with Crippen LogP contribution in [0.2, 0.25) is 0 Å². The largest absolute Gasteiger partial charge is 0.332 e. The van der Waals surface area contributed by atoms with Gasteiger partial charge in [0.25, 0.3) is 11.5 Å². The van der Waals surface area contributed by atoms with Crippen LogP contribution in [0.15, 0.2) is 15.7 Å². The van der Waals surface area contributed by atoms with E-state index in [9.17, 15) is 14.4 Å². The van der Waals surface area contributed by atoms with E-state index in [0.717, 1.165) is 4.57 Å². The molecule has 1 N–H and O–H groups in total. The van der Waals surface area contributed by atoms with Crippen molar-refractivity contribution < 1.29 is 4.79 Å². The predicted molar refractivity (Wildman–Crippen MR) is 77.6 cm³/mol. The highest BCUT2D eigenvalue weighted by atomic mass is 16.2. The molecule has 112 valence electrons. The average Bonchev–Trinajstić information content (AvgIpc) is 2.67. The first-order valence-corrected chi connectivity index (χ1v) is 6.32. The minimum atomic E-state index is -0.502. The highest BCUT2D eigenvalue weighted by molar-refractivity contribution is 6.05. The standard InChI is InChI=1S/C13H17N5O3/c1-7-11(8(2)18(5)15-7)12(20)14-9-6-10(19)17(4)13(21)16(9)3/h6H,1-5H3,(H,14,20). The van der Waals surface area contributed by atoms with Crippen molar-refractivity contribution in [1.82, 2.24) is 18.9 Å². The van der Waals surface area contributed by atoms with Gasteiger partial charge in [-0.3, -0.25) is 23.4 Å². The van der Waals surface area contributed by atoms with E-state index in [-0.39, 0.29) is 5.82 Å². The second-order valence-electron chi connectivity index (χ2n) is 4.89. The van der Waals surface area contributed by atoms with Gasteiger partial charge in [-0.05, 0) is 13.8 Å². The van der Waals surface area contributed by atoms with Crippen molar-refractivity contribution in [2.24, 2.45) is 21.1 Å². The molecular formula is C13H17N5O3. The maximum absolute atomic E-state index is 12.3. The van der Waals surface area contributed by atoms with E-state index in [4.69, 9.17) is 0 Å². The van der Waals surface area contributed by atoms with E-state index < -0.39 is 17.2 Å². The first kappa shape index (κ1) is 14.8. The van der Waals surface area contributed by atoms with E-state index in [0.29, 0.717) is 17.0 Å². The second-order valence-corrected chi connectivity index (χ2v) is 4.89. The molecule has 2 rings (SSSR count). The second kappa shape index (κ2) is 5.04. The number of hydrogen-bond acceptors (Lipinski definition) is 4. The summed E-state index contributed by atoms with van der Waals surface area (Å²) in [4.78, 5) is 35.8. The fourth-order valence-corrected chi connectivity index (χ4v) is 2.13. The van der Waals surface area contributed by atoms with Crippen LogP contribution in [0.4, 0.5) is 5.82 Å². The molecule has 21 heavy (non-hydrogen) atoms. The Bertz CT molecular complexity index is 841. The van der Waals surface area contributed by atoms with Crippen molar-refractivity contribution in [2.45, 2.75) is 13.8 Å². The number of rotatable bonds is 2. The van der Waals surface area contributed by atoms with Crippen molar-refractivity contribution in [3.05, 3.63) is 43.9 Å². The molecular weight excluding hydrogens is 274 g/mol. The fourth-order valence-electron chi connectivity index (χ4n) is 2.13. The summed E-state index contributed by atoms with van der Waals surface area (Å²) in [6, 6.07) is 1.21. The number of nitrogens with one attached hydrogen (secondary N) is 1. The summed E-state index contributed by atoms with van der Waals surface area (Å²) >= 11 is 0. The Balaban J connectivity index is 2.46. The Morgan fingerprint density at radius 2 is 1.76 bits per heavy atom. The molecule has 0 bridgehead atoms. The van der Waals surface area contributed by atoms with Crippen LogP contribution in [0.25, 0.3) is 0 Å². The lowest BCUT2D eigenvalue weighted by Crippen LogP contribution is -2.38. The van der Waals surface area contributed by atoms with Gasteiger partial charge in [-0.25, -0.2) is 4.79 Å². The number of nitrogens with zero attached hydrogens (tertiary/aromatic N) is 4. The van der Waals surface area contributed by atoms with Crippen LogP contribution < -0.4 is 16.6 Å². The molecule has 0 aliphatic carbocycles. The molecule has 0 aromatic carbocycles. The van der Waals surface area contributed by atoms with Crippen molar-refractivity contribution in [3.8, 4) is 0 Å². The summed E-state index contributed by atoms with van der Waals surface area (Å²) in [5, 5.41) is 6.75. The molecule has 8 heteroatoms. The molecule has 0 spiro atoms. The van der Waals surface area contributed by atoms with Gasteiger partial charge in [0.15, 0.2) is 0 Å². The van der Waals surface area contributed by atoms with Crippen LogP contribution in [0.5, 0.6) is 0 Å². The zero-order valence-electron chi connectivity index (χ0n) is 12.6. The van der Waals surface area contributed by atoms with Crippen LogP contribution in [0.1, 0.15) is 21.7 Å². The summed E-state index contributed by atoms with van der Waals surface area (Å²) in [5.41, 5.74) is 0.747. The van der Waals surface area contributed by atoms with Gasteiger partial charge >= 0.3 is 5.69 Å². The number of carbonyl (C=O) groups is 1. The monoisotopic (exact) mass is 291 g/mol. The number of hydrogen-bond donors (Lipinski definition) is 1. The Labute approximate surface area is 120 Å². The van der Waals surface area contributed by atoms with Gasteiger partial charge in [0.05, 0.1) is 11.3 Å². The molecule has 0 fully saturated rings. The van der Waals surface area contributed by atoms with Gasteiger partial charge in [-0.1, -0.05) is 0 Å². The summed E-state index contributed by atoms with van der Waals surface area (Å²) in [6.07, 6.45) is 0. The van der Waals surface area contributed by atoms with Crippen molar-refractivity contribution in [2.75, 3.05) is 5.32 Å². The zero-order chi connectivity index (χ0) is 15.9. The van der Waals surface area contributed by atoms with E-state index >= 15 is 0 Å². The van der Waals surface area contributed by atoms with E-state index in [1.165, 1.54) is 24.7 Å². The lowest BCUT2D eigenvalue weighted by molar-refractivity contribution is 0.102. The van der Waals surface area contributed by atoms with Crippen molar-refractivity contribution >= 4 is 11.7 Å². The zero-order valence-corrected chi connectivity index (χ0v) is 12.6. The third kappa shape index (κ3) is 2.39. The number of aromatic nitrogens is 4. The Morgan fingerprint density at radius 3 is 2.29 bits per heavy atom. The predicted octanol–water partition coefficient (Wildman–Crippen LogP) is -0.313. The van der Waals surface area contributed by atoms with E-state index in [2.05, 4.69) is 10.4 Å². The molecule has 2 aromatic rings. The van der Waals surface area contributed by atoms with Gasteiger partial charge in [-0.15, -0.1) is 0 Å². The Hall–Kier alpha value is -2.64. The van der Waals surface area contributed by atoms with Crippen LogP contribution >= 0.6 is 0 Å². The Kier molecular flexibility index (Phi) is 3.54. The molecule has 0 unspecified atom stereocenters. The maximum atomic E-state index is 12.3. The fraction of sp³-hybridized carbons (Fsp3) is 0.385. The van der Waals surface area contributed by atoms with Gasteiger partial charge in [-0.2, -0.15) is 5.10 Å². The summed E-state index contributed by atoms with van der Waals surface area (Å²) in [7, 11) is 4.61. The van der Waals surface area contributed by atoms with Gasteiger partial charge in [0.1, 0.15) is 5.82 Å². The average molecular weight is 291 g/mol. The molecule has 0 atom stereocenters. The molecule has 0 saturated heterocycles. The smallest absolute Gasteiger partial charge is 0.308 e. The Morgan fingerprint density at radius 1 is 1.14 bits per heavy atom. The van der Waals surface area contributed by atoms with Crippen LogP contribution in [-0.2, 0) is 21.1 Å². The summed E-state index contributed by atoms with van der Waals surface area (Å²) in [5.74, 6) is -0.253. The van der Waals surface area contributed by atoms with Crippen molar-refractivity contribution in [3.63, 3.8) is 0 Å². The van der Waals surface area contributed by atoms with Gasteiger partial charge < -0.3 is 5.32 Å². The lowest BCUT2D eigenvalue weighted by Gasteiger charge is -2.10. The molecule has 8 nitrogen and oxygen atoms in total. The molecule has 0 aliphatic rings. The molecule has 1 amide bonds. The number of aryl methyl sites for hydroxylation is 2. The van der Waals surface area contributed by atoms with Gasteiger partial charge in [0, 0.05) is 32.9 Å². The van der Waals surface area contributed by atoms with Crippen molar-refractivity contribution in [1.29, 1.82) is 0 Å². The third-order valence-electron chi connectivity index (χ3n) is 3.50. The normalized spacial score (nSPS) is 10.7. The molecule has 0 aliphatic heterocycles. The van der Waals surface area contributed by atoms with Gasteiger partial charge in [0.2, 0.25) is 0 Å². The van der Waals surface area contributed by atoms with Crippen LogP contribution in [0.3, 0.4) is 0 Å². The third-order valence-corrected chi connectivity index (χ3v) is 3.50. The maximum Gasteiger partial charge on any atom is 0.332 e. The lowest BCUT2D eigenvalue weighted by atomic mass is 10.2. The highest BCUT2D eigenvalue weighted by Gasteiger charge is 2.18. The number of anilines is 1. The topological polar surface area (TPSA) is 90.9 Å². The SMILES string of the molecule is Cc1nn(C)c(C)c1C(=O)Nc1cc(=O)n(C)c(=O)n1C. The first-order valence-electron chi connectivity index (χ1n) is 6.32. The first-order chi connectivity index (χ1) is 9.73. The summed E-state index contributed by atoms with van der Waals surface area (Å²) < 4.78 is 3.78. The quantitative estimate of drug-likeness (QED) is 0.821. The number of amides is 1. The molecule has 2 heterocycles. The van der Waals surface area contributed by atoms with Crippen LogP contribution in [0, 0.1) is 13.8 Å². The summed E-state index contributed by atoms with van der Waals surface area (Å²) in [6.45, 7) is 3.50. The molecule has 0 radical (unpaired) electrons. The molecule has 2 aromatic heterocycles. The minimum absolute atomic E-state index is 0.149. The minimum Gasteiger partial charge on any atom is -0.308 e. The van der Waals surface area contributed by atoms with Crippen LogP contribution in [-0.4, -0.2) is 24.8 Å². The van der Waals surface area contributed by atoms with E-state index in [1.807, 2.05) is 0 Å². The molecule has 0 saturated carbocycles. The van der Waals surface area contributed by atoms with E-state index in [1.54, 1.807) is 25.6 Å². The highest BCUT2D eigenvalue weighted by Crippen LogP contribution is 2.13. The number of carbonyl (C=O) groups excluding carboxylic acids is 1.